The minimum Gasteiger partial charge on any atom is -0.309 e. The molecule has 4 heteroatoms. The molecule has 86 valence electrons. The minimum atomic E-state index is 0.496. The van der Waals surface area contributed by atoms with E-state index in [9.17, 15) is 0 Å². The van der Waals surface area contributed by atoms with Crippen LogP contribution >= 0.6 is 39.0 Å². The predicted molar refractivity (Wildman–Crippen MR) is 76.1 cm³/mol. The molecule has 0 saturated heterocycles. The van der Waals surface area contributed by atoms with Crippen molar-refractivity contribution in [3.05, 3.63) is 20.8 Å². The Balaban J connectivity index is 2.58. The van der Waals surface area contributed by atoms with Gasteiger partial charge in [0, 0.05) is 21.6 Å². The van der Waals surface area contributed by atoms with E-state index >= 15 is 0 Å². The summed E-state index contributed by atoms with van der Waals surface area (Å²) in [7, 11) is 0. The third kappa shape index (κ3) is 4.47. The molecule has 0 bridgehead atoms. The molecular formula is C11H18BrNS2. The number of thiophene rings is 1. The van der Waals surface area contributed by atoms with Crippen molar-refractivity contribution in [2.24, 2.45) is 0 Å². The molecular weight excluding hydrogens is 290 g/mol. The summed E-state index contributed by atoms with van der Waals surface area (Å²) < 4.78 is 1.25. The average molecular weight is 308 g/mol. The van der Waals surface area contributed by atoms with E-state index in [-0.39, 0.29) is 0 Å². The van der Waals surface area contributed by atoms with Crippen molar-refractivity contribution < 1.29 is 0 Å². The van der Waals surface area contributed by atoms with Gasteiger partial charge in [-0.05, 0) is 45.6 Å². The number of halogens is 1. The number of thioether (sulfide) groups is 1. The van der Waals surface area contributed by atoms with Crippen molar-refractivity contribution in [1.29, 1.82) is 0 Å². The lowest BCUT2D eigenvalue weighted by Crippen LogP contribution is -2.24. The molecule has 0 aliphatic rings. The Morgan fingerprint density at radius 3 is 2.80 bits per heavy atom. The summed E-state index contributed by atoms with van der Waals surface area (Å²) in [4.78, 5) is 0. The van der Waals surface area contributed by atoms with Crippen molar-refractivity contribution in [1.82, 2.24) is 5.32 Å². The van der Waals surface area contributed by atoms with Crippen LogP contribution in [0.1, 0.15) is 31.9 Å². The maximum atomic E-state index is 3.61. The third-order valence-electron chi connectivity index (χ3n) is 2.15. The summed E-state index contributed by atoms with van der Waals surface area (Å²) in [6, 6.07) is 0.496. The van der Waals surface area contributed by atoms with E-state index < -0.39 is 0 Å². The molecule has 0 saturated carbocycles. The van der Waals surface area contributed by atoms with Gasteiger partial charge >= 0.3 is 0 Å². The summed E-state index contributed by atoms with van der Waals surface area (Å²) in [5, 5.41) is 8.01. The monoisotopic (exact) mass is 307 g/mol. The topological polar surface area (TPSA) is 12.0 Å². The molecule has 0 fully saturated rings. The fourth-order valence-electron chi connectivity index (χ4n) is 1.35. The highest BCUT2D eigenvalue weighted by Crippen LogP contribution is 2.29. The second-order valence-electron chi connectivity index (χ2n) is 3.34. The van der Waals surface area contributed by atoms with Crippen molar-refractivity contribution >= 4 is 39.0 Å². The van der Waals surface area contributed by atoms with E-state index in [1.54, 1.807) is 11.3 Å². The molecule has 1 aromatic rings. The SMILES string of the molecule is CCCNC(CSCC)c1cscc1Br. The van der Waals surface area contributed by atoms with Crippen LogP contribution in [0.4, 0.5) is 0 Å². The molecule has 15 heavy (non-hydrogen) atoms. The molecule has 0 aliphatic heterocycles. The summed E-state index contributed by atoms with van der Waals surface area (Å²) in [5.74, 6) is 2.35. The molecule has 0 amide bonds. The highest BCUT2D eigenvalue weighted by molar-refractivity contribution is 9.10. The van der Waals surface area contributed by atoms with E-state index in [0.717, 1.165) is 12.3 Å². The normalized spacial score (nSPS) is 13.0. The highest BCUT2D eigenvalue weighted by atomic mass is 79.9. The van der Waals surface area contributed by atoms with Crippen molar-refractivity contribution in [3.63, 3.8) is 0 Å². The van der Waals surface area contributed by atoms with Crippen LogP contribution in [0.5, 0.6) is 0 Å². The first-order chi connectivity index (χ1) is 7.29. The largest absolute Gasteiger partial charge is 0.309 e. The van der Waals surface area contributed by atoms with Gasteiger partial charge in [-0.15, -0.1) is 0 Å². The van der Waals surface area contributed by atoms with Gasteiger partial charge in [-0.2, -0.15) is 23.1 Å². The lowest BCUT2D eigenvalue weighted by Gasteiger charge is -2.17. The Labute approximate surface area is 109 Å². The van der Waals surface area contributed by atoms with Crippen molar-refractivity contribution in [2.45, 2.75) is 26.3 Å². The standard InChI is InChI=1S/C11H18BrNS2/c1-3-5-13-11(8-14-4-2)9-6-15-7-10(9)12/h6-7,11,13H,3-5,8H2,1-2H3. The lowest BCUT2D eigenvalue weighted by molar-refractivity contribution is 0.577. The van der Waals surface area contributed by atoms with Crippen LogP contribution in [0.3, 0.4) is 0 Å². The van der Waals surface area contributed by atoms with E-state index in [1.807, 2.05) is 11.8 Å². The van der Waals surface area contributed by atoms with Gasteiger partial charge < -0.3 is 5.32 Å². The molecule has 1 aromatic heterocycles. The Bertz CT molecular complexity index is 267. The van der Waals surface area contributed by atoms with Crippen LogP contribution in [0, 0.1) is 0 Å². The van der Waals surface area contributed by atoms with Crippen molar-refractivity contribution in [2.75, 3.05) is 18.1 Å². The molecule has 1 heterocycles. The van der Waals surface area contributed by atoms with Gasteiger partial charge in [-0.1, -0.05) is 13.8 Å². The quantitative estimate of drug-likeness (QED) is 0.806. The molecule has 1 nitrogen and oxygen atoms in total. The van der Waals surface area contributed by atoms with Crippen LogP contribution in [0.2, 0.25) is 0 Å². The zero-order valence-electron chi connectivity index (χ0n) is 9.25. The summed E-state index contributed by atoms with van der Waals surface area (Å²) in [6.45, 7) is 5.52. The number of rotatable bonds is 7. The van der Waals surface area contributed by atoms with E-state index in [0.29, 0.717) is 6.04 Å². The molecule has 0 spiro atoms. The summed E-state index contributed by atoms with van der Waals surface area (Å²) in [5.41, 5.74) is 1.41. The van der Waals surface area contributed by atoms with E-state index in [4.69, 9.17) is 0 Å². The van der Waals surface area contributed by atoms with Gasteiger partial charge in [0.05, 0.1) is 0 Å². The molecule has 0 aliphatic carbocycles. The van der Waals surface area contributed by atoms with Crippen molar-refractivity contribution in [3.8, 4) is 0 Å². The van der Waals surface area contributed by atoms with Crippen LogP contribution in [-0.2, 0) is 0 Å². The van der Waals surface area contributed by atoms with E-state index in [2.05, 4.69) is 45.9 Å². The smallest absolute Gasteiger partial charge is 0.0431 e. The summed E-state index contributed by atoms with van der Waals surface area (Å²) >= 11 is 7.37. The molecule has 1 unspecified atom stereocenters. The Morgan fingerprint density at radius 1 is 1.47 bits per heavy atom. The summed E-state index contributed by atoms with van der Waals surface area (Å²) in [6.07, 6.45) is 1.19. The fourth-order valence-corrected chi connectivity index (χ4v) is 3.75. The van der Waals surface area contributed by atoms with Crippen LogP contribution in [0.25, 0.3) is 0 Å². The van der Waals surface area contributed by atoms with Gasteiger partial charge in [-0.3, -0.25) is 0 Å². The van der Waals surface area contributed by atoms with Gasteiger partial charge in [0.15, 0.2) is 0 Å². The maximum absolute atomic E-state index is 3.61. The second kappa shape index (κ2) is 7.71. The van der Waals surface area contributed by atoms with Crippen LogP contribution < -0.4 is 5.32 Å². The van der Waals surface area contributed by atoms with Gasteiger partial charge in [0.25, 0.3) is 0 Å². The molecule has 0 radical (unpaired) electrons. The van der Waals surface area contributed by atoms with Gasteiger partial charge in [0.1, 0.15) is 0 Å². The Kier molecular flexibility index (Phi) is 6.97. The fraction of sp³-hybridized carbons (Fsp3) is 0.636. The minimum absolute atomic E-state index is 0.496. The highest BCUT2D eigenvalue weighted by Gasteiger charge is 2.13. The average Bonchev–Trinajstić information content (AvgIpc) is 2.65. The predicted octanol–water partition coefficient (Wildman–Crippen LogP) is 4.30. The first-order valence-corrected chi connectivity index (χ1v) is 8.21. The van der Waals surface area contributed by atoms with Gasteiger partial charge in [-0.25, -0.2) is 0 Å². The number of nitrogens with one attached hydrogen (secondary N) is 1. The first kappa shape index (κ1) is 13.6. The molecule has 1 atom stereocenters. The number of hydrogen-bond acceptors (Lipinski definition) is 3. The van der Waals surface area contributed by atoms with E-state index in [1.165, 1.54) is 22.2 Å². The van der Waals surface area contributed by atoms with Crippen LogP contribution in [-0.4, -0.2) is 18.1 Å². The number of hydrogen-bond donors (Lipinski definition) is 1. The van der Waals surface area contributed by atoms with Crippen LogP contribution in [0.15, 0.2) is 15.2 Å². The second-order valence-corrected chi connectivity index (χ2v) is 6.26. The Hall–Kier alpha value is 0.490. The maximum Gasteiger partial charge on any atom is 0.0431 e. The zero-order valence-corrected chi connectivity index (χ0v) is 12.5. The molecule has 0 aromatic carbocycles. The third-order valence-corrected chi connectivity index (χ3v) is 4.88. The zero-order chi connectivity index (χ0) is 11.1. The Morgan fingerprint density at radius 2 is 2.27 bits per heavy atom. The molecule has 1 N–H and O–H groups in total. The van der Waals surface area contributed by atoms with Gasteiger partial charge in [0.2, 0.25) is 0 Å². The first-order valence-electron chi connectivity index (χ1n) is 5.32. The molecule has 1 rings (SSSR count). The lowest BCUT2D eigenvalue weighted by atomic mass is 10.2.